The number of aliphatic carboxylic acids is 1. The molecule has 6 N–H and O–H groups in total. The lowest BCUT2D eigenvalue weighted by atomic mass is 9.46. The fraction of sp³-hybridized carbons (Fsp3) is 0.976. The Balaban J connectivity index is 1.75. The van der Waals surface area contributed by atoms with Gasteiger partial charge in [-0.1, -0.05) is 66.7 Å². The SMILES string of the molecule is CCCCCCCCNCCC[C@@H](C)[C@H]1CC[C@H]2C3[C@H](OCCCN)CC[C@](C)(CC[C@H](CC)OCC(=O)O)[C@H]3C[C@H](OCCCN)[C@]12C. The van der Waals surface area contributed by atoms with Crippen LogP contribution >= 0.6 is 0 Å². The molecule has 0 aromatic carbocycles. The van der Waals surface area contributed by atoms with Crippen LogP contribution in [0.1, 0.15) is 150 Å². The first kappa shape index (κ1) is 42.6. The monoisotopic (exact) mass is 694 g/mol. The van der Waals surface area contributed by atoms with Crippen LogP contribution < -0.4 is 16.8 Å². The van der Waals surface area contributed by atoms with Crippen molar-refractivity contribution in [3.63, 3.8) is 0 Å². The van der Waals surface area contributed by atoms with E-state index in [0.29, 0.717) is 42.7 Å². The van der Waals surface area contributed by atoms with Gasteiger partial charge in [-0.15, -0.1) is 0 Å². The number of carbonyl (C=O) groups is 1. The number of carboxylic acids is 1. The lowest BCUT2D eigenvalue weighted by molar-refractivity contribution is -0.205. The molecule has 8 heteroatoms. The second-order valence-electron chi connectivity index (χ2n) is 16.7. The fourth-order valence-corrected chi connectivity index (χ4v) is 10.6. The van der Waals surface area contributed by atoms with E-state index >= 15 is 0 Å². The zero-order valence-electron chi connectivity index (χ0n) is 32.5. The van der Waals surface area contributed by atoms with Crippen LogP contribution in [0.15, 0.2) is 0 Å². The molecule has 0 saturated heterocycles. The average molecular weight is 694 g/mol. The van der Waals surface area contributed by atoms with Crippen molar-refractivity contribution in [3.8, 4) is 0 Å². The number of nitrogens with one attached hydrogen (secondary N) is 1. The van der Waals surface area contributed by atoms with E-state index in [1.807, 2.05) is 0 Å². The van der Waals surface area contributed by atoms with Crippen LogP contribution in [0, 0.1) is 40.4 Å². The molecule has 3 aliphatic carbocycles. The van der Waals surface area contributed by atoms with Gasteiger partial charge < -0.3 is 36.1 Å². The Hall–Kier alpha value is -0.770. The van der Waals surface area contributed by atoms with Crippen LogP contribution in [0.2, 0.25) is 0 Å². The molecule has 0 aliphatic heterocycles. The largest absolute Gasteiger partial charge is 0.480 e. The number of ether oxygens (including phenoxy) is 3. The molecular formula is C41H79N3O5. The van der Waals surface area contributed by atoms with E-state index in [-0.39, 0.29) is 35.7 Å². The summed E-state index contributed by atoms with van der Waals surface area (Å²) in [5.74, 6) is 1.99. The van der Waals surface area contributed by atoms with Crippen molar-refractivity contribution in [3.05, 3.63) is 0 Å². The molecular weight excluding hydrogens is 614 g/mol. The molecule has 10 atom stereocenters. The van der Waals surface area contributed by atoms with Crippen molar-refractivity contribution >= 4 is 5.97 Å². The Morgan fingerprint density at radius 1 is 0.878 bits per heavy atom. The Morgan fingerprint density at radius 2 is 1.57 bits per heavy atom. The Bertz CT molecular complexity index is 908. The van der Waals surface area contributed by atoms with Gasteiger partial charge in [-0.2, -0.15) is 0 Å². The molecule has 0 aromatic rings. The van der Waals surface area contributed by atoms with Gasteiger partial charge in [0.25, 0.3) is 0 Å². The lowest BCUT2D eigenvalue weighted by Gasteiger charge is -2.61. The minimum Gasteiger partial charge on any atom is -0.480 e. The van der Waals surface area contributed by atoms with Crippen molar-refractivity contribution in [2.75, 3.05) is 46.0 Å². The third-order valence-corrected chi connectivity index (χ3v) is 13.5. The van der Waals surface area contributed by atoms with E-state index in [4.69, 9.17) is 25.7 Å². The number of rotatable bonds is 27. The zero-order valence-corrected chi connectivity index (χ0v) is 32.5. The quantitative estimate of drug-likeness (QED) is 0.0639. The number of hydrogen-bond acceptors (Lipinski definition) is 7. The predicted molar refractivity (Wildman–Crippen MR) is 202 cm³/mol. The van der Waals surface area contributed by atoms with E-state index < -0.39 is 5.97 Å². The third kappa shape index (κ3) is 12.1. The molecule has 0 amide bonds. The zero-order chi connectivity index (χ0) is 35.7. The normalized spacial score (nSPS) is 32.5. The highest BCUT2D eigenvalue weighted by Gasteiger charge is 2.64. The van der Waals surface area contributed by atoms with Gasteiger partial charge in [-0.3, -0.25) is 0 Å². The van der Waals surface area contributed by atoms with Crippen LogP contribution in [0.4, 0.5) is 0 Å². The van der Waals surface area contributed by atoms with E-state index in [1.54, 1.807) is 0 Å². The summed E-state index contributed by atoms with van der Waals surface area (Å²) in [7, 11) is 0. The number of nitrogens with two attached hydrogens (primary N) is 2. The van der Waals surface area contributed by atoms with Gasteiger partial charge in [-0.05, 0) is 145 Å². The van der Waals surface area contributed by atoms with Gasteiger partial charge in [0, 0.05) is 18.6 Å². The molecule has 0 radical (unpaired) electrons. The summed E-state index contributed by atoms with van der Waals surface area (Å²) in [6, 6.07) is 0. The first-order valence-corrected chi connectivity index (χ1v) is 20.8. The van der Waals surface area contributed by atoms with Crippen molar-refractivity contribution in [1.29, 1.82) is 0 Å². The molecule has 3 rings (SSSR count). The van der Waals surface area contributed by atoms with Gasteiger partial charge in [0.1, 0.15) is 6.61 Å². The van der Waals surface area contributed by atoms with Crippen LogP contribution in [-0.2, 0) is 19.0 Å². The van der Waals surface area contributed by atoms with E-state index in [1.165, 1.54) is 64.2 Å². The highest BCUT2D eigenvalue weighted by molar-refractivity contribution is 5.68. The van der Waals surface area contributed by atoms with Crippen molar-refractivity contribution in [1.82, 2.24) is 5.32 Å². The average Bonchev–Trinajstić information content (AvgIpc) is 3.45. The number of hydrogen-bond donors (Lipinski definition) is 4. The highest BCUT2D eigenvalue weighted by Crippen LogP contribution is 2.67. The van der Waals surface area contributed by atoms with E-state index in [0.717, 1.165) is 77.7 Å². The van der Waals surface area contributed by atoms with Crippen LogP contribution in [-0.4, -0.2) is 75.4 Å². The second-order valence-corrected chi connectivity index (χ2v) is 16.7. The summed E-state index contributed by atoms with van der Waals surface area (Å²) < 4.78 is 19.6. The van der Waals surface area contributed by atoms with Gasteiger partial charge in [-0.25, -0.2) is 4.79 Å². The first-order chi connectivity index (χ1) is 23.7. The minimum atomic E-state index is -0.890. The summed E-state index contributed by atoms with van der Waals surface area (Å²) in [6.45, 7) is 16.9. The molecule has 0 aromatic heterocycles. The molecule has 288 valence electrons. The fourth-order valence-electron chi connectivity index (χ4n) is 10.6. The van der Waals surface area contributed by atoms with Gasteiger partial charge >= 0.3 is 5.97 Å². The van der Waals surface area contributed by atoms with Gasteiger partial charge in [0.15, 0.2) is 0 Å². The first-order valence-electron chi connectivity index (χ1n) is 20.8. The summed E-state index contributed by atoms with van der Waals surface area (Å²) in [4.78, 5) is 11.3. The number of fused-ring (bicyclic) bond motifs is 3. The highest BCUT2D eigenvalue weighted by atomic mass is 16.5. The van der Waals surface area contributed by atoms with Crippen LogP contribution in [0.5, 0.6) is 0 Å². The van der Waals surface area contributed by atoms with Gasteiger partial charge in [0.2, 0.25) is 0 Å². The predicted octanol–water partition coefficient (Wildman–Crippen LogP) is 7.95. The Kier molecular flexibility index (Phi) is 19.4. The lowest BCUT2D eigenvalue weighted by Crippen LogP contribution is -2.60. The van der Waals surface area contributed by atoms with Crippen LogP contribution in [0.25, 0.3) is 0 Å². The smallest absolute Gasteiger partial charge is 0.329 e. The Labute approximate surface area is 301 Å². The van der Waals surface area contributed by atoms with Crippen LogP contribution in [0.3, 0.4) is 0 Å². The minimum absolute atomic E-state index is 0.0210. The topological polar surface area (TPSA) is 129 Å². The molecule has 0 spiro atoms. The second kappa shape index (κ2) is 22.3. The van der Waals surface area contributed by atoms with Crippen molar-refractivity contribution in [2.24, 2.45) is 51.9 Å². The number of unbranched alkanes of at least 4 members (excludes halogenated alkanes) is 5. The molecule has 3 aliphatic rings. The summed E-state index contributed by atoms with van der Waals surface area (Å²) in [5, 5.41) is 13.0. The molecule has 49 heavy (non-hydrogen) atoms. The molecule has 3 saturated carbocycles. The summed E-state index contributed by atoms with van der Waals surface area (Å²) in [6.07, 6.45) is 21.5. The number of carboxylic acid groups (broad SMARTS) is 1. The van der Waals surface area contributed by atoms with Crippen molar-refractivity contribution in [2.45, 2.75) is 169 Å². The molecule has 1 unspecified atom stereocenters. The van der Waals surface area contributed by atoms with Gasteiger partial charge in [0.05, 0.1) is 18.3 Å². The molecule has 0 bridgehead atoms. The molecule has 8 nitrogen and oxygen atoms in total. The van der Waals surface area contributed by atoms with E-state index in [9.17, 15) is 9.90 Å². The summed E-state index contributed by atoms with van der Waals surface area (Å²) in [5.41, 5.74) is 12.1. The summed E-state index contributed by atoms with van der Waals surface area (Å²) >= 11 is 0. The standard InChI is InChI=1S/C41H79N3O5/c1-6-8-9-10-11-12-25-44-26-13-16-31(3)33-17-18-34-39-35(29-37(41(33,34)5)48-28-15-24-43)40(4,22-20-36(39)47-27-14-23-42)21-19-32(7-2)49-30-38(45)46/h31-37,39,44H,6-30,42-43H2,1-5H3,(H,45,46)/t31-,32+,33-,34+,35+,36-,37+,39?,40+,41-/m1/s1. The Morgan fingerprint density at radius 3 is 2.27 bits per heavy atom. The van der Waals surface area contributed by atoms with Crippen molar-refractivity contribution < 1.29 is 24.1 Å². The third-order valence-electron chi connectivity index (χ3n) is 13.5. The molecule has 3 fully saturated rings. The maximum Gasteiger partial charge on any atom is 0.329 e. The maximum atomic E-state index is 11.3. The van der Waals surface area contributed by atoms with E-state index in [2.05, 4.69) is 39.9 Å². The molecule has 0 heterocycles. The maximum absolute atomic E-state index is 11.3.